The lowest BCUT2D eigenvalue weighted by atomic mass is 9.99. The Morgan fingerprint density at radius 3 is 2.06 bits per heavy atom. The Morgan fingerprint density at radius 2 is 1.50 bits per heavy atom. The van der Waals surface area contributed by atoms with Crippen molar-refractivity contribution < 1.29 is 28.8 Å². The molecule has 2 N–H and O–H groups in total. The molecular formula is C27H42O6Si. The highest BCUT2D eigenvalue weighted by Crippen LogP contribution is 2.38. The van der Waals surface area contributed by atoms with Gasteiger partial charge in [0.15, 0.2) is 15.1 Å². The van der Waals surface area contributed by atoms with E-state index in [0.29, 0.717) is 36.7 Å². The molecule has 0 aliphatic heterocycles. The Kier molecular flexibility index (Phi) is 10.6. The van der Waals surface area contributed by atoms with E-state index in [1.165, 1.54) is 0 Å². The Hall–Kier alpha value is -1.90. The fourth-order valence-corrected chi connectivity index (χ4v) is 4.13. The molecule has 2 aromatic rings. The maximum Gasteiger partial charge on any atom is 0.192 e. The van der Waals surface area contributed by atoms with Crippen molar-refractivity contribution in [2.75, 3.05) is 13.9 Å². The fourth-order valence-electron chi connectivity index (χ4n) is 3.17. The molecule has 0 aliphatic carbocycles. The van der Waals surface area contributed by atoms with Crippen LogP contribution < -0.4 is 9.47 Å². The lowest BCUT2D eigenvalue weighted by Crippen LogP contribution is -2.40. The molecule has 0 bridgehead atoms. The topological polar surface area (TPSA) is 77.4 Å². The quantitative estimate of drug-likeness (QED) is 0.287. The standard InChI is InChI=1S/C27H42O6Si/c1-8-23(28)24(29)16-22-25(31-17-20-12-10-9-11-13-20)14-21(15-26(22)32-19-30-5)18-33-34(6,7)27(2,3)4/h9-15,23-24,28-29H,8,16-19H2,1-7H3/t23?,24-/m1/s1. The van der Waals surface area contributed by atoms with Gasteiger partial charge in [-0.25, -0.2) is 0 Å². The van der Waals surface area contributed by atoms with Crippen LogP contribution in [0.1, 0.15) is 50.8 Å². The molecular weight excluding hydrogens is 448 g/mol. The third kappa shape index (κ3) is 8.10. The predicted octanol–water partition coefficient (Wildman–Crippen LogP) is 5.44. The summed E-state index contributed by atoms with van der Waals surface area (Å²) in [4.78, 5) is 0. The van der Waals surface area contributed by atoms with Crippen LogP contribution in [0.15, 0.2) is 42.5 Å². The summed E-state index contributed by atoms with van der Waals surface area (Å²) < 4.78 is 23.7. The van der Waals surface area contributed by atoms with Crippen molar-refractivity contribution in [3.05, 3.63) is 59.2 Å². The Balaban J connectivity index is 2.42. The van der Waals surface area contributed by atoms with Crippen LogP contribution in [-0.4, -0.2) is 44.6 Å². The molecule has 0 radical (unpaired) electrons. The molecule has 7 heteroatoms. The average Bonchev–Trinajstić information content (AvgIpc) is 2.80. The van der Waals surface area contributed by atoms with Crippen LogP contribution in [0.3, 0.4) is 0 Å². The lowest BCUT2D eigenvalue weighted by Gasteiger charge is -2.36. The summed E-state index contributed by atoms with van der Waals surface area (Å²) in [6, 6.07) is 13.8. The number of rotatable bonds is 13. The summed E-state index contributed by atoms with van der Waals surface area (Å²) in [6.45, 7) is 13.8. The van der Waals surface area contributed by atoms with Gasteiger partial charge in [0.1, 0.15) is 18.1 Å². The number of aliphatic hydroxyl groups is 2. The minimum atomic E-state index is -1.96. The van der Waals surface area contributed by atoms with Gasteiger partial charge in [-0.3, -0.25) is 0 Å². The van der Waals surface area contributed by atoms with Gasteiger partial charge in [-0.05, 0) is 47.8 Å². The molecule has 2 aromatic carbocycles. The minimum Gasteiger partial charge on any atom is -0.488 e. The summed E-state index contributed by atoms with van der Waals surface area (Å²) >= 11 is 0. The molecule has 2 atom stereocenters. The number of benzene rings is 2. The average molecular weight is 491 g/mol. The second-order valence-electron chi connectivity index (χ2n) is 10.2. The van der Waals surface area contributed by atoms with Gasteiger partial charge in [0.25, 0.3) is 0 Å². The van der Waals surface area contributed by atoms with Gasteiger partial charge >= 0.3 is 0 Å². The van der Waals surface area contributed by atoms with E-state index in [-0.39, 0.29) is 18.3 Å². The molecule has 0 spiro atoms. The number of ether oxygens (including phenoxy) is 3. The molecule has 0 heterocycles. The summed E-state index contributed by atoms with van der Waals surface area (Å²) in [6.07, 6.45) is -1.13. The van der Waals surface area contributed by atoms with E-state index in [4.69, 9.17) is 18.6 Å². The van der Waals surface area contributed by atoms with Crippen molar-refractivity contribution in [3.63, 3.8) is 0 Å². The van der Waals surface area contributed by atoms with Crippen LogP contribution in [0.2, 0.25) is 18.1 Å². The van der Waals surface area contributed by atoms with Crippen molar-refractivity contribution in [2.45, 2.75) is 84.1 Å². The van der Waals surface area contributed by atoms with Crippen LogP contribution in [0, 0.1) is 0 Å². The molecule has 2 rings (SSSR count). The molecule has 0 fully saturated rings. The van der Waals surface area contributed by atoms with Crippen molar-refractivity contribution in [3.8, 4) is 11.5 Å². The summed E-state index contributed by atoms with van der Waals surface area (Å²) in [5.74, 6) is 1.16. The molecule has 34 heavy (non-hydrogen) atoms. The number of hydrogen-bond acceptors (Lipinski definition) is 6. The number of hydrogen-bond donors (Lipinski definition) is 2. The van der Waals surface area contributed by atoms with Crippen molar-refractivity contribution >= 4 is 8.32 Å². The van der Waals surface area contributed by atoms with Gasteiger partial charge in [-0.15, -0.1) is 0 Å². The maximum absolute atomic E-state index is 10.6. The molecule has 0 saturated carbocycles. The zero-order chi connectivity index (χ0) is 25.4. The normalized spacial score (nSPS) is 14.0. The van der Waals surface area contributed by atoms with Gasteiger partial charge in [0.05, 0.1) is 18.8 Å². The van der Waals surface area contributed by atoms with E-state index in [2.05, 4.69) is 33.9 Å². The highest BCUT2D eigenvalue weighted by atomic mass is 28.4. The molecule has 6 nitrogen and oxygen atoms in total. The SMILES string of the molecule is CCC(O)[C@H](O)Cc1c(OCOC)cc(CO[Si](C)(C)C(C)(C)C)cc1OCc1ccccc1. The van der Waals surface area contributed by atoms with Crippen LogP contribution >= 0.6 is 0 Å². The van der Waals surface area contributed by atoms with Crippen LogP contribution in [0.4, 0.5) is 0 Å². The summed E-state index contributed by atoms with van der Waals surface area (Å²) in [5.41, 5.74) is 2.65. The van der Waals surface area contributed by atoms with Gasteiger partial charge in [0.2, 0.25) is 0 Å². The van der Waals surface area contributed by atoms with E-state index in [0.717, 1.165) is 11.1 Å². The van der Waals surface area contributed by atoms with E-state index < -0.39 is 20.5 Å². The lowest BCUT2D eigenvalue weighted by molar-refractivity contribution is 0.0159. The van der Waals surface area contributed by atoms with E-state index in [1.807, 2.05) is 49.4 Å². The van der Waals surface area contributed by atoms with Crippen molar-refractivity contribution in [1.82, 2.24) is 0 Å². The van der Waals surface area contributed by atoms with Gasteiger partial charge < -0.3 is 28.8 Å². The Labute approximate surface area is 206 Å². The third-order valence-electron chi connectivity index (χ3n) is 6.48. The van der Waals surface area contributed by atoms with Crippen LogP contribution in [0.5, 0.6) is 11.5 Å². The van der Waals surface area contributed by atoms with E-state index >= 15 is 0 Å². The van der Waals surface area contributed by atoms with Crippen molar-refractivity contribution in [1.29, 1.82) is 0 Å². The molecule has 0 aromatic heterocycles. The maximum atomic E-state index is 10.6. The van der Waals surface area contributed by atoms with Gasteiger partial charge in [0, 0.05) is 19.1 Å². The Morgan fingerprint density at radius 1 is 0.882 bits per heavy atom. The fraction of sp³-hybridized carbons (Fsp3) is 0.556. The highest BCUT2D eigenvalue weighted by Gasteiger charge is 2.37. The first-order valence-corrected chi connectivity index (χ1v) is 14.8. The number of methoxy groups -OCH3 is 1. The molecule has 0 saturated heterocycles. The molecule has 0 amide bonds. The molecule has 190 valence electrons. The second kappa shape index (κ2) is 12.7. The second-order valence-corrected chi connectivity index (χ2v) is 15.0. The van der Waals surface area contributed by atoms with Gasteiger partial charge in [-0.2, -0.15) is 0 Å². The van der Waals surface area contributed by atoms with Crippen LogP contribution in [-0.2, 0) is 28.8 Å². The Bertz CT molecular complexity index is 879. The molecule has 1 unspecified atom stereocenters. The monoisotopic (exact) mass is 490 g/mol. The first kappa shape index (κ1) is 28.3. The van der Waals surface area contributed by atoms with Crippen molar-refractivity contribution in [2.24, 2.45) is 0 Å². The largest absolute Gasteiger partial charge is 0.488 e. The minimum absolute atomic E-state index is 0.0596. The van der Waals surface area contributed by atoms with E-state index in [1.54, 1.807) is 7.11 Å². The third-order valence-corrected chi connectivity index (χ3v) is 11.0. The van der Waals surface area contributed by atoms with E-state index in [9.17, 15) is 10.2 Å². The molecule has 0 aliphatic rings. The summed E-state index contributed by atoms with van der Waals surface area (Å²) in [7, 11) is -0.396. The van der Waals surface area contributed by atoms with Gasteiger partial charge in [-0.1, -0.05) is 58.0 Å². The number of aliphatic hydroxyl groups excluding tert-OH is 2. The zero-order valence-electron chi connectivity index (χ0n) is 21.8. The zero-order valence-corrected chi connectivity index (χ0v) is 22.8. The predicted molar refractivity (Wildman–Crippen MR) is 138 cm³/mol. The summed E-state index contributed by atoms with van der Waals surface area (Å²) in [5, 5.41) is 20.9. The smallest absolute Gasteiger partial charge is 0.192 e. The first-order chi connectivity index (χ1) is 16.0. The highest BCUT2D eigenvalue weighted by molar-refractivity contribution is 6.74. The van der Waals surface area contributed by atoms with Crippen LogP contribution in [0.25, 0.3) is 0 Å². The first-order valence-electron chi connectivity index (χ1n) is 11.9.